The Hall–Kier alpha value is -0.570. The van der Waals surface area contributed by atoms with Crippen LogP contribution in [0.15, 0.2) is 24.3 Å². The smallest absolute Gasteiger partial charge is 0.0510 e. The Labute approximate surface area is 115 Å². The Kier molecular flexibility index (Phi) is 5.48. The molecule has 3 heteroatoms. The topological polar surface area (TPSA) is 21.3 Å². The molecule has 0 amide bonds. The third-order valence-electron chi connectivity index (χ3n) is 3.54. The molecule has 0 spiro atoms. The molecule has 1 N–H and O–H groups in total. The number of rotatable bonds is 6. The normalized spacial score (nSPS) is 21.1. The largest absolute Gasteiger partial charge is 0.381 e. The minimum atomic E-state index is 0.505. The number of benzene rings is 1. The number of ether oxygens (including phenoxy) is 1. The maximum atomic E-state index is 6.05. The highest BCUT2D eigenvalue weighted by atomic mass is 35.5. The van der Waals surface area contributed by atoms with Gasteiger partial charge in [-0.1, -0.05) is 30.7 Å². The zero-order valence-corrected chi connectivity index (χ0v) is 11.7. The van der Waals surface area contributed by atoms with Crippen molar-refractivity contribution in [2.24, 2.45) is 5.92 Å². The predicted molar refractivity (Wildman–Crippen MR) is 76.2 cm³/mol. The Bertz CT molecular complexity index is 363. The first-order valence-electron chi connectivity index (χ1n) is 6.85. The van der Waals surface area contributed by atoms with E-state index in [2.05, 4.69) is 24.4 Å². The lowest BCUT2D eigenvalue weighted by atomic mass is 9.93. The summed E-state index contributed by atoms with van der Waals surface area (Å²) in [6, 6.07) is 8.68. The van der Waals surface area contributed by atoms with Gasteiger partial charge in [-0.3, -0.25) is 0 Å². The second kappa shape index (κ2) is 7.13. The Morgan fingerprint density at radius 2 is 2.39 bits per heavy atom. The van der Waals surface area contributed by atoms with Gasteiger partial charge in [-0.15, -0.1) is 0 Å². The average molecular weight is 268 g/mol. The summed E-state index contributed by atoms with van der Waals surface area (Å²) in [6.07, 6.45) is 3.37. The molecule has 0 saturated carbocycles. The summed E-state index contributed by atoms with van der Waals surface area (Å²) < 4.78 is 5.51. The van der Waals surface area contributed by atoms with Crippen molar-refractivity contribution >= 4 is 11.6 Å². The van der Waals surface area contributed by atoms with Gasteiger partial charge in [-0.2, -0.15) is 0 Å². The maximum Gasteiger partial charge on any atom is 0.0510 e. The molecule has 1 heterocycles. The average Bonchev–Trinajstić information content (AvgIpc) is 2.88. The van der Waals surface area contributed by atoms with Crippen molar-refractivity contribution in [1.82, 2.24) is 5.32 Å². The first-order chi connectivity index (χ1) is 8.79. The molecule has 0 aromatic heterocycles. The Morgan fingerprint density at radius 3 is 3.06 bits per heavy atom. The van der Waals surface area contributed by atoms with E-state index in [1.165, 1.54) is 18.4 Å². The van der Waals surface area contributed by atoms with Crippen LogP contribution in [0.4, 0.5) is 0 Å². The van der Waals surface area contributed by atoms with Crippen LogP contribution in [0.1, 0.15) is 25.3 Å². The van der Waals surface area contributed by atoms with Crippen molar-refractivity contribution in [3.8, 4) is 0 Å². The van der Waals surface area contributed by atoms with Crippen LogP contribution in [-0.2, 0) is 11.2 Å². The minimum Gasteiger partial charge on any atom is -0.381 e. The molecular weight excluding hydrogens is 246 g/mol. The number of hydrogen-bond acceptors (Lipinski definition) is 2. The monoisotopic (exact) mass is 267 g/mol. The first-order valence-corrected chi connectivity index (χ1v) is 7.23. The van der Waals surface area contributed by atoms with E-state index in [9.17, 15) is 0 Å². The molecule has 2 rings (SSSR count). The quantitative estimate of drug-likeness (QED) is 0.854. The van der Waals surface area contributed by atoms with E-state index in [-0.39, 0.29) is 0 Å². The van der Waals surface area contributed by atoms with Crippen molar-refractivity contribution < 1.29 is 4.74 Å². The van der Waals surface area contributed by atoms with Crippen LogP contribution >= 0.6 is 11.6 Å². The highest BCUT2D eigenvalue weighted by molar-refractivity contribution is 6.30. The van der Waals surface area contributed by atoms with Crippen molar-refractivity contribution in [2.75, 3.05) is 19.8 Å². The molecule has 1 fully saturated rings. The highest BCUT2D eigenvalue weighted by Crippen LogP contribution is 2.21. The van der Waals surface area contributed by atoms with Crippen molar-refractivity contribution in [1.29, 1.82) is 0 Å². The van der Waals surface area contributed by atoms with E-state index >= 15 is 0 Å². The Morgan fingerprint density at radius 1 is 1.50 bits per heavy atom. The van der Waals surface area contributed by atoms with Gasteiger partial charge in [0.1, 0.15) is 0 Å². The van der Waals surface area contributed by atoms with E-state index in [0.29, 0.717) is 12.0 Å². The lowest BCUT2D eigenvalue weighted by Gasteiger charge is -2.24. The van der Waals surface area contributed by atoms with Gasteiger partial charge >= 0.3 is 0 Å². The van der Waals surface area contributed by atoms with Crippen LogP contribution in [0.2, 0.25) is 5.02 Å². The van der Waals surface area contributed by atoms with Gasteiger partial charge in [-0.25, -0.2) is 0 Å². The van der Waals surface area contributed by atoms with Crippen LogP contribution in [0.3, 0.4) is 0 Å². The van der Waals surface area contributed by atoms with Gasteiger partial charge in [0.05, 0.1) is 6.61 Å². The standard InChI is InChI=1S/C15H22ClNO/c1-2-7-17-15(13-6-8-18-11-13)10-12-4-3-5-14(16)9-12/h3-5,9,13,15,17H,2,6-8,10-11H2,1H3. The lowest BCUT2D eigenvalue weighted by molar-refractivity contribution is 0.176. The number of halogens is 1. The number of nitrogens with one attached hydrogen (secondary N) is 1. The molecule has 1 saturated heterocycles. The summed E-state index contributed by atoms with van der Waals surface area (Å²) in [6.45, 7) is 5.07. The molecule has 2 nitrogen and oxygen atoms in total. The fraction of sp³-hybridized carbons (Fsp3) is 0.600. The minimum absolute atomic E-state index is 0.505. The van der Waals surface area contributed by atoms with Gasteiger partial charge in [-0.05, 0) is 43.5 Å². The molecule has 2 unspecified atom stereocenters. The van der Waals surface area contributed by atoms with Crippen LogP contribution < -0.4 is 5.32 Å². The molecule has 18 heavy (non-hydrogen) atoms. The highest BCUT2D eigenvalue weighted by Gasteiger charge is 2.25. The van der Waals surface area contributed by atoms with Gasteiger partial charge in [0.2, 0.25) is 0 Å². The molecular formula is C15H22ClNO. The fourth-order valence-electron chi connectivity index (χ4n) is 2.52. The van der Waals surface area contributed by atoms with Crippen molar-refractivity contribution in [3.05, 3.63) is 34.9 Å². The molecule has 1 aliphatic heterocycles. The predicted octanol–water partition coefficient (Wildman–Crippen LogP) is 3.29. The first kappa shape index (κ1) is 13.9. The van der Waals surface area contributed by atoms with Crippen LogP contribution in [0.25, 0.3) is 0 Å². The van der Waals surface area contributed by atoms with E-state index in [1.807, 2.05) is 12.1 Å². The molecule has 0 aliphatic carbocycles. The molecule has 1 aliphatic rings. The van der Waals surface area contributed by atoms with E-state index in [1.54, 1.807) is 0 Å². The summed E-state index contributed by atoms with van der Waals surface area (Å²) in [4.78, 5) is 0. The molecule has 2 atom stereocenters. The summed E-state index contributed by atoms with van der Waals surface area (Å²) in [5.74, 6) is 0.635. The zero-order chi connectivity index (χ0) is 12.8. The molecule has 0 bridgehead atoms. The van der Waals surface area contributed by atoms with Gasteiger partial charge in [0.25, 0.3) is 0 Å². The molecule has 100 valence electrons. The SMILES string of the molecule is CCCNC(Cc1cccc(Cl)c1)C1CCOC1. The van der Waals surface area contributed by atoms with Crippen LogP contribution in [0.5, 0.6) is 0 Å². The van der Waals surface area contributed by atoms with Gasteiger partial charge in [0.15, 0.2) is 0 Å². The third-order valence-corrected chi connectivity index (χ3v) is 3.77. The van der Waals surface area contributed by atoms with Crippen LogP contribution in [-0.4, -0.2) is 25.8 Å². The molecule has 0 radical (unpaired) electrons. The lowest BCUT2D eigenvalue weighted by Crippen LogP contribution is -2.38. The van der Waals surface area contributed by atoms with Crippen LogP contribution in [0, 0.1) is 5.92 Å². The summed E-state index contributed by atoms with van der Waals surface area (Å²) in [5, 5.41) is 4.48. The fourth-order valence-corrected chi connectivity index (χ4v) is 2.74. The number of hydrogen-bond donors (Lipinski definition) is 1. The maximum absolute atomic E-state index is 6.05. The van der Waals surface area contributed by atoms with Gasteiger partial charge in [0, 0.05) is 23.6 Å². The zero-order valence-electron chi connectivity index (χ0n) is 11.0. The second-order valence-corrected chi connectivity index (χ2v) is 5.45. The van der Waals surface area contributed by atoms with Crippen molar-refractivity contribution in [2.45, 2.75) is 32.2 Å². The van der Waals surface area contributed by atoms with Crippen molar-refractivity contribution in [3.63, 3.8) is 0 Å². The molecule has 1 aromatic rings. The summed E-state index contributed by atoms with van der Waals surface area (Å²) in [7, 11) is 0. The van der Waals surface area contributed by atoms with E-state index < -0.39 is 0 Å². The van der Waals surface area contributed by atoms with E-state index in [0.717, 1.165) is 31.2 Å². The Balaban J connectivity index is 1.99. The van der Waals surface area contributed by atoms with E-state index in [4.69, 9.17) is 16.3 Å². The third kappa shape index (κ3) is 3.98. The summed E-state index contributed by atoms with van der Waals surface area (Å²) in [5.41, 5.74) is 1.31. The summed E-state index contributed by atoms with van der Waals surface area (Å²) >= 11 is 6.05. The van der Waals surface area contributed by atoms with Gasteiger partial charge < -0.3 is 10.1 Å². The second-order valence-electron chi connectivity index (χ2n) is 5.02. The molecule has 1 aromatic carbocycles.